The van der Waals surface area contributed by atoms with Crippen molar-refractivity contribution < 1.29 is 28.6 Å². The van der Waals surface area contributed by atoms with Crippen LogP contribution in [0, 0.1) is 5.92 Å². The summed E-state index contributed by atoms with van der Waals surface area (Å²) in [6.45, 7) is 5.07. The Morgan fingerprint density at radius 2 is 1.62 bits per heavy atom. The molecule has 0 saturated heterocycles. The second-order valence-electron chi connectivity index (χ2n) is 7.54. The van der Waals surface area contributed by atoms with Crippen LogP contribution >= 0.6 is 11.6 Å². The number of esters is 2. The average Bonchev–Trinajstić information content (AvgIpc) is 2.76. The number of amides is 1. The minimum Gasteiger partial charge on any atom is -0.460 e. The van der Waals surface area contributed by atoms with Gasteiger partial charge >= 0.3 is 18.0 Å². The number of carbonyl (C=O) groups is 3. The standard InChI is InChI=1S/C24H28ClNO6/c1-16(2)23(31-17(3)27)32-24(29)26-14-13-21(19-9-11-20(25)12-10-19)22(28)30-15-18-7-5-4-6-8-18/h4-12,16,21,23H,13-15H2,1-3H3,(H,26,29). The van der Waals surface area contributed by atoms with Crippen molar-refractivity contribution in [2.24, 2.45) is 5.92 Å². The predicted octanol–water partition coefficient (Wildman–Crippen LogP) is 4.83. The number of halogens is 1. The Morgan fingerprint density at radius 1 is 0.969 bits per heavy atom. The maximum absolute atomic E-state index is 12.8. The number of benzene rings is 2. The third kappa shape index (κ3) is 8.59. The van der Waals surface area contributed by atoms with E-state index in [2.05, 4.69) is 5.32 Å². The van der Waals surface area contributed by atoms with E-state index in [0.29, 0.717) is 5.02 Å². The monoisotopic (exact) mass is 461 g/mol. The number of alkyl carbamates (subject to hydrolysis) is 1. The van der Waals surface area contributed by atoms with Crippen LogP contribution in [-0.2, 0) is 30.4 Å². The summed E-state index contributed by atoms with van der Waals surface area (Å²) in [5, 5.41) is 3.15. The highest BCUT2D eigenvalue weighted by atomic mass is 35.5. The first-order chi connectivity index (χ1) is 15.3. The van der Waals surface area contributed by atoms with Crippen molar-refractivity contribution in [3.8, 4) is 0 Å². The molecule has 0 bridgehead atoms. The number of rotatable bonds is 10. The molecule has 0 aliphatic carbocycles. The van der Waals surface area contributed by atoms with Crippen LogP contribution in [0.2, 0.25) is 5.02 Å². The molecule has 0 spiro atoms. The van der Waals surface area contributed by atoms with Gasteiger partial charge in [0.25, 0.3) is 6.29 Å². The highest BCUT2D eigenvalue weighted by Gasteiger charge is 2.24. The SMILES string of the molecule is CC(=O)OC(OC(=O)NCCC(C(=O)OCc1ccccc1)c1ccc(Cl)cc1)C(C)C. The van der Waals surface area contributed by atoms with Gasteiger partial charge in [0.1, 0.15) is 6.61 Å². The molecule has 2 aromatic carbocycles. The second kappa shape index (κ2) is 12.7. The zero-order valence-corrected chi connectivity index (χ0v) is 19.1. The van der Waals surface area contributed by atoms with Gasteiger partial charge in [-0.3, -0.25) is 9.59 Å². The first-order valence-electron chi connectivity index (χ1n) is 10.3. The Labute approximate surface area is 193 Å². The van der Waals surface area contributed by atoms with E-state index in [9.17, 15) is 14.4 Å². The first kappa shape index (κ1) is 25.2. The van der Waals surface area contributed by atoms with Crippen LogP contribution in [0.1, 0.15) is 44.2 Å². The van der Waals surface area contributed by atoms with Crippen LogP contribution in [0.25, 0.3) is 0 Å². The van der Waals surface area contributed by atoms with Gasteiger partial charge < -0.3 is 19.5 Å². The number of hydrogen-bond donors (Lipinski definition) is 1. The number of ether oxygens (including phenoxy) is 3. The smallest absolute Gasteiger partial charge is 0.410 e. The summed E-state index contributed by atoms with van der Waals surface area (Å²) in [4.78, 5) is 36.1. The Balaban J connectivity index is 1.97. The third-order valence-corrected chi connectivity index (χ3v) is 4.78. The van der Waals surface area contributed by atoms with Gasteiger partial charge in [0.2, 0.25) is 0 Å². The van der Waals surface area contributed by atoms with E-state index in [1.54, 1.807) is 38.1 Å². The molecule has 1 amide bonds. The van der Waals surface area contributed by atoms with Crippen molar-refractivity contribution in [3.63, 3.8) is 0 Å². The summed E-state index contributed by atoms with van der Waals surface area (Å²) in [6, 6.07) is 16.3. The summed E-state index contributed by atoms with van der Waals surface area (Å²) in [6.07, 6.45) is -1.45. The maximum atomic E-state index is 12.8. The molecule has 0 heterocycles. The Hall–Kier alpha value is -3.06. The highest BCUT2D eigenvalue weighted by molar-refractivity contribution is 6.30. The largest absolute Gasteiger partial charge is 0.460 e. The Kier molecular flexibility index (Phi) is 10.0. The van der Waals surface area contributed by atoms with Gasteiger partial charge in [-0.2, -0.15) is 0 Å². The van der Waals surface area contributed by atoms with Crippen molar-refractivity contribution >= 4 is 29.6 Å². The lowest BCUT2D eigenvalue weighted by molar-refractivity contribution is -0.172. The molecule has 2 unspecified atom stereocenters. The van der Waals surface area contributed by atoms with Crippen molar-refractivity contribution in [2.75, 3.05) is 6.54 Å². The van der Waals surface area contributed by atoms with Gasteiger partial charge in [0.05, 0.1) is 5.92 Å². The summed E-state index contributed by atoms with van der Waals surface area (Å²) in [7, 11) is 0. The van der Waals surface area contributed by atoms with Crippen LogP contribution < -0.4 is 5.32 Å². The normalized spacial score (nSPS) is 12.5. The lowest BCUT2D eigenvalue weighted by atomic mass is 9.96. The zero-order valence-electron chi connectivity index (χ0n) is 18.4. The molecule has 7 nitrogen and oxygen atoms in total. The molecule has 0 fully saturated rings. The van der Waals surface area contributed by atoms with Gasteiger partial charge in [0.15, 0.2) is 0 Å². The van der Waals surface area contributed by atoms with E-state index in [1.165, 1.54) is 6.92 Å². The molecular formula is C24H28ClNO6. The number of carbonyl (C=O) groups excluding carboxylic acids is 3. The number of nitrogens with one attached hydrogen (secondary N) is 1. The second-order valence-corrected chi connectivity index (χ2v) is 7.98. The molecule has 0 aromatic heterocycles. The summed E-state index contributed by atoms with van der Waals surface area (Å²) < 4.78 is 15.7. The van der Waals surface area contributed by atoms with Crippen LogP contribution in [0.3, 0.4) is 0 Å². The zero-order chi connectivity index (χ0) is 23.5. The van der Waals surface area contributed by atoms with Gasteiger partial charge in [0, 0.05) is 24.4 Å². The molecule has 8 heteroatoms. The van der Waals surface area contributed by atoms with Crippen molar-refractivity contribution in [2.45, 2.75) is 46.0 Å². The maximum Gasteiger partial charge on any atom is 0.410 e. The lowest BCUT2D eigenvalue weighted by Crippen LogP contribution is -2.35. The van der Waals surface area contributed by atoms with Gasteiger partial charge in [-0.1, -0.05) is 67.9 Å². The molecular weight excluding hydrogens is 434 g/mol. The van der Waals surface area contributed by atoms with Crippen LogP contribution in [0.15, 0.2) is 54.6 Å². The fourth-order valence-electron chi connectivity index (χ4n) is 2.87. The summed E-state index contributed by atoms with van der Waals surface area (Å²) in [5.41, 5.74) is 1.60. The van der Waals surface area contributed by atoms with E-state index in [0.717, 1.165) is 11.1 Å². The van der Waals surface area contributed by atoms with E-state index in [1.807, 2.05) is 30.3 Å². The Morgan fingerprint density at radius 3 is 2.22 bits per heavy atom. The minimum absolute atomic E-state index is 0.150. The fraction of sp³-hybridized carbons (Fsp3) is 0.375. The molecule has 0 saturated carbocycles. The molecule has 0 radical (unpaired) electrons. The van der Waals surface area contributed by atoms with Gasteiger partial charge in [-0.25, -0.2) is 4.79 Å². The van der Waals surface area contributed by atoms with Gasteiger partial charge in [-0.15, -0.1) is 0 Å². The van der Waals surface area contributed by atoms with Gasteiger partial charge in [-0.05, 0) is 29.7 Å². The predicted molar refractivity (Wildman–Crippen MR) is 120 cm³/mol. The van der Waals surface area contributed by atoms with E-state index in [4.69, 9.17) is 25.8 Å². The van der Waals surface area contributed by atoms with Crippen LogP contribution in [-0.4, -0.2) is 30.9 Å². The van der Waals surface area contributed by atoms with Crippen molar-refractivity contribution in [1.29, 1.82) is 0 Å². The molecule has 0 aliphatic rings. The number of hydrogen-bond acceptors (Lipinski definition) is 6. The third-order valence-electron chi connectivity index (χ3n) is 4.53. The van der Waals surface area contributed by atoms with E-state index in [-0.39, 0.29) is 25.5 Å². The lowest BCUT2D eigenvalue weighted by Gasteiger charge is -2.21. The average molecular weight is 462 g/mol. The van der Waals surface area contributed by atoms with Crippen LogP contribution in [0.4, 0.5) is 4.79 Å². The van der Waals surface area contributed by atoms with Crippen molar-refractivity contribution in [3.05, 3.63) is 70.7 Å². The molecule has 2 aromatic rings. The van der Waals surface area contributed by atoms with E-state index >= 15 is 0 Å². The van der Waals surface area contributed by atoms with E-state index < -0.39 is 30.2 Å². The highest BCUT2D eigenvalue weighted by Crippen LogP contribution is 2.23. The molecule has 32 heavy (non-hydrogen) atoms. The first-order valence-corrected chi connectivity index (χ1v) is 10.7. The molecule has 0 aliphatic heterocycles. The Bertz CT molecular complexity index is 885. The molecule has 1 N–H and O–H groups in total. The fourth-order valence-corrected chi connectivity index (χ4v) is 3.00. The minimum atomic E-state index is -0.990. The summed E-state index contributed by atoms with van der Waals surface area (Å²) >= 11 is 5.97. The molecule has 2 rings (SSSR count). The van der Waals surface area contributed by atoms with Crippen LogP contribution in [0.5, 0.6) is 0 Å². The quantitative estimate of drug-likeness (QED) is 0.402. The summed E-state index contributed by atoms with van der Waals surface area (Å²) in [5.74, 6) is -1.77. The molecule has 172 valence electrons. The van der Waals surface area contributed by atoms with Crippen molar-refractivity contribution in [1.82, 2.24) is 5.32 Å². The topological polar surface area (TPSA) is 90.9 Å². The molecule has 2 atom stereocenters.